The monoisotopic (exact) mass is 388 g/mol. The molecule has 0 fully saturated rings. The van der Waals surface area contributed by atoms with Crippen LogP contribution in [0.2, 0.25) is 0 Å². The first-order valence-corrected chi connectivity index (χ1v) is 9.18. The van der Waals surface area contributed by atoms with E-state index in [0.29, 0.717) is 17.7 Å². The minimum Gasteiger partial charge on any atom is -0.206 e. The van der Waals surface area contributed by atoms with Gasteiger partial charge in [-0.2, -0.15) is 0 Å². The van der Waals surface area contributed by atoms with Crippen molar-refractivity contribution in [2.24, 2.45) is 0 Å². The number of hydrogen-bond acceptors (Lipinski definition) is 0. The van der Waals surface area contributed by atoms with Crippen LogP contribution >= 0.6 is 0 Å². The number of unbranched alkanes of at least 4 members (excludes halogenated alkanes) is 1. The first-order chi connectivity index (χ1) is 13.4. The molecule has 0 N–H and O–H groups in total. The second-order valence-electron chi connectivity index (χ2n) is 7.10. The van der Waals surface area contributed by atoms with Gasteiger partial charge in [0.25, 0.3) is 0 Å². The zero-order valence-electron chi connectivity index (χ0n) is 15.2. The first-order valence-electron chi connectivity index (χ1n) is 9.18. The summed E-state index contributed by atoms with van der Waals surface area (Å²) in [6.45, 7) is 2.10. The van der Waals surface area contributed by atoms with E-state index in [1.807, 2.05) is 18.2 Å². The zero-order chi connectivity index (χ0) is 20.0. The van der Waals surface area contributed by atoms with Gasteiger partial charge in [0.05, 0.1) is 5.56 Å². The fraction of sp³-hybridized carbons (Fsp3) is 0.217. The SMILES string of the molecule is CCCCc1ccc2c(c1)Cc1c-2cc(F)c(-c2cc(F)c(F)c(F)c2)c1F. The minimum absolute atomic E-state index is 0.274. The third-order valence-electron chi connectivity index (χ3n) is 5.24. The highest BCUT2D eigenvalue weighted by Gasteiger charge is 2.28. The van der Waals surface area contributed by atoms with Gasteiger partial charge in [0, 0.05) is 12.0 Å². The van der Waals surface area contributed by atoms with Crippen molar-refractivity contribution in [2.75, 3.05) is 0 Å². The van der Waals surface area contributed by atoms with Crippen molar-refractivity contribution in [1.29, 1.82) is 0 Å². The van der Waals surface area contributed by atoms with Crippen LogP contribution in [0.15, 0.2) is 36.4 Å². The third-order valence-corrected chi connectivity index (χ3v) is 5.24. The molecule has 4 rings (SSSR count). The molecule has 3 aromatic rings. The Kier molecular flexibility index (Phi) is 4.69. The van der Waals surface area contributed by atoms with Crippen LogP contribution in [0, 0.1) is 29.1 Å². The summed E-state index contributed by atoms with van der Waals surface area (Å²) in [6, 6.07) is 8.22. The highest BCUT2D eigenvalue weighted by molar-refractivity contribution is 5.81. The zero-order valence-corrected chi connectivity index (χ0v) is 15.2. The summed E-state index contributed by atoms with van der Waals surface area (Å²) in [4.78, 5) is 0. The molecule has 0 bridgehead atoms. The van der Waals surface area contributed by atoms with Gasteiger partial charge in [-0.25, -0.2) is 22.0 Å². The molecule has 0 saturated heterocycles. The predicted octanol–water partition coefficient (Wildman–Crippen LogP) is 6.96. The van der Waals surface area contributed by atoms with E-state index in [-0.39, 0.29) is 17.5 Å². The number of aryl methyl sites for hydroxylation is 1. The quantitative estimate of drug-likeness (QED) is 0.262. The van der Waals surface area contributed by atoms with Crippen molar-refractivity contribution in [3.8, 4) is 22.3 Å². The van der Waals surface area contributed by atoms with Gasteiger partial charge in [-0.05, 0) is 58.9 Å². The molecule has 0 atom stereocenters. The van der Waals surface area contributed by atoms with E-state index >= 15 is 4.39 Å². The number of rotatable bonds is 4. The van der Waals surface area contributed by atoms with Gasteiger partial charge in [0.15, 0.2) is 17.5 Å². The van der Waals surface area contributed by atoms with Gasteiger partial charge >= 0.3 is 0 Å². The van der Waals surface area contributed by atoms with E-state index in [2.05, 4.69) is 6.92 Å². The molecule has 5 heteroatoms. The maximum atomic E-state index is 15.2. The molecule has 0 spiro atoms. The molecule has 0 unspecified atom stereocenters. The van der Waals surface area contributed by atoms with Crippen molar-refractivity contribution in [3.05, 3.63) is 82.2 Å². The average Bonchev–Trinajstić information content (AvgIpc) is 3.02. The lowest BCUT2D eigenvalue weighted by molar-refractivity contribution is 0.447. The van der Waals surface area contributed by atoms with Crippen LogP contribution in [-0.2, 0) is 12.8 Å². The second-order valence-corrected chi connectivity index (χ2v) is 7.10. The minimum atomic E-state index is -1.67. The Labute approximate surface area is 159 Å². The summed E-state index contributed by atoms with van der Waals surface area (Å²) in [5, 5.41) is 0. The van der Waals surface area contributed by atoms with Crippen molar-refractivity contribution in [3.63, 3.8) is 0 Å². The van der Waals surface area contributed by atoms with Crippen LogP contribution in [0.4, 0.5) is 22.0 Å². The Morgan fingerprint density at radius 2 is 1.50 bits per heavy atom. The van der Waals surface area contributed by atoms with Crippen molar-refractivity contribution < 1.29 is 22.0 Å². The van der Waals surface area contributed by atoms with Crippen molar-refractivity contribution >= 4 is 0 Å². The van der Waals surface area contributed by atoms with Crippen LogP contribution in [0.3, 0.4) is 0 Å². The summed E-state index contributed by atoms with van der Waals surface area (Å²) >= 11 is 0. The van der Waals surface area contributed by atoms with Gasteiger partial charge < -0.3 is 0 Å². The Morgan fingerprint density at radius 3 is 2.18 bits per heavy atom. The van der Waals surface area contributed by atoms with E-state index in [1.165, 1.54) is 6.07 Å². The number of benzene rings is 3. The van der Waals surface area contributed by atoms with Gasteiger partial charge in [-0.1, -0.05) is 31.5 Å². The Balaban J connectivity index is 1.81. The lowest BCUT2D eigenvalue weighted by Gasteiger charge is -2.11. The van der Waals surface area contributed by atoms with E-state index in [9.17, 15) is 17.6 Å². The molecule has 144 valence electrons. The van der Waals surface area contributed by atoms with E-state index in [1.54, 1.807) is 0 Å². The van der Waals surface area contributed by atoms with Gasteiger partial charge in [0.2, 0.25) is 0 Å². The predicted molar refractivity (Wildman–Crippen MR) is 98.5 cm³/mol. The Bertz CT molecular complexity index is 1060. The Hall–Kier alpha value is -2.69. The molecular formula is C23H17F5. The summed E-state index contributed by atoms with van der Waals surface area (Å²) in [7, 11) is 0. The van der Waals surface area contributed by atoms with Crippen molar-refractivity contribution in [1.82, 2.24) is 0 Å². The number of halogens is 5. The molecule has 3 aromatic carbocycles. The fourth-order valence-electron chi connectivity index (χ4n) is 3.82. The fourth-order valence-corrected chi connectivity index (χ4v) is 3.82. The molecule has 0 heterocycles. The van der Waals surface area contributed by atoms with Gasteiger partial charge in [-0.15, -0.1) is 0 Å². The lowest BCUT2D eigenvalue weighted by atomic mass is 9.97. The molecule has 0 aromatic heterocycles. The number of fused-ring (bicyclic) bond motifs is 3. The van der Waals surface area contributed by atoms with Crippen LogP contribution in [0.1, 0.15) is 36.5 Å². The van der Waals surface area contributed by atoms with E-state index < -0.39 is 34.6 Å². The summed E-state index contributed by atoms with van der Waals surface area (Å²) < 4.78 is 70.2. The smallest absolute Gasteiger partial charge is 0.194 e. The van der Waals surface area contributed by atoms with E-state index in [4.69, 9.17) is 0 Å². The molecule has 0 nitrogen and oxygen atoms in total. The molecule has 0 amide bonds. The topological polar surface area (TPSA) is 0 Å². The third kappa shape index (κ3) is 2.99. The molecule has 28 heavy (non-hydrogen) atoms. The first kappa shape index (κ1) is 18.7. The van der Waals surface area contributed by atoms with Crippen molar-refractivity contribution in [2.45, 2.75) is 32.6 Å². The van der Waals surface area contributed by atoms with Crippen LogP contribution in [0.5, 0.6) is 0 Å². The Morgan fingerprint density at radius 1 is 0.786 bits per heavy atom. The number of hydrogen-bond donors (Lipinski definition) is 0. The molecule has 0 saturated carbocycles. The van der Waals surface area contributed by atoms with Crippen LogP contribution in [-0.4, -0.2) is 0 Å². The second kappa shape index (κ2) is 7.04. The average molecular weight is 388 g/mol. The molecule has 1 aliphatic carbocycles. The summed E-state index contributed by atoms with van der Waals surface area (Å²) in [6.07, 6.45) is 3.29. The maximum absolute atomic E-state index is 15.2. The molecular weight excluding hydrogens is 371 g/mol. The summed E-state index contributed by atoms with van der Waals surface area (Å²) in [5.41, 5.74) is 2.61. The van der Waals surface area contributed by atoms with Gasteiger partial charge in [0.1, 0.15) is 11.6 Å². The largest absolute Gasteiger partial charge is 0.206 e. The highest BCUT2D eigenvalue weighted by Crippen LogP contribution is 2.43. The molecule has 0 radical (unpaired) electrons. The molecule has 1 aliphatic rings. The standard InChI is InChI=1S/C23H17F5/c1-2-3-4-12-5-6-15-13(7-12)8-17-16(15)11-18(24)21(22(17)27)14-9-19(25)23(28)20(26)10-14/h5-7,9-11H,2-4,8H2,1H3. The van der Waals surface area contributed by atoms with E-state index in [0.717, 1.165) is 36.0 Å². The van der Waals surface area contributed by atoms with Gasteiger partial charge in [-0.3, -0.25) is 0 Å². The van der Waals surface area contributed by atoms with Crippen LogP contribution < -0.4 is 0 Å². The van der Waals surface area contributed by atoms with Crippen LogP contribution in [0.25, 0.3) is 22.3 Å². The molecule has 0 aliphatic heterocycles. The lowest BCUT2D eigenvalue weighted by Crippen LogP contribution is -1.99. The highest BCUT2D eigenvalue weighted by atomic mass is 19.2. The normalized spacial score (nSPS) is 12.2. The maximum Gasteiger partial charge on any atom is 0.194 e. The summed E-state index contributed by atoms with van der Waals surface area (Å²) in [5.74, 6) is -6.45.